The molecule has 0 spiro atoms. The van der Waals surface area contributed by atoms with Gasteiger partial charge in [-0.1, -0.05) is 48.5 Å². The Morgan fingerprint density at radius 2 is 1.69 bits per heavy atom. The lowest BCUT2D eigenvalue weighted by atomic mass is 10.1. The van der Waals surface area contributed by atoms with Crippen molar-refractivity contribution < 1.29 is 4.79 Å². The highest BCUT2D eigenvalue weighted by atomic mass is 16.2. The van der Waals surface area contributed by atoms with Crippen LogP contribution in [0.1, 0.15) is 48.9 Å². The summed E-state index contributed by atoms with van der Waals surface area (Å²) in [6.07, 6.45) is 4.87. The Labute approximate surface area is 189 Å². The van der Waals surface area contributed by atoms with Gasteiger partial charge in [0.05, 0.1) is 17.9 Å². The van der Waals surface area contributed by atoms with Crippen LogP contribution in [0.5, 0.6) is 0 Å². The number of hydrogen-bond acceptors (Lipinski definition) is 4. The lowest BCUT2D eigenvalue weighted by Crippen LogP contribution is -2.38. The van der Waals surface area contributed by atoms with Gasteiger partial charge in [-0.05, 0) is 56.5 Å². The largest absolute Gasteiger partial charge is 0.309 e. The lowest BCUT2D eigenvalue weighted by Gasteiger charge is -2.25. The van der Waals surface area contributed by atoms with E-state index in [0.717, 1.165) is 36.8 Å². The molecule has 1 amide bonds. The molecule has 2 N–H and O–H groups in total. The van der Waals surface area contributed by atoms with Crippen molar-refractivity contribution in [1.82, 2.24) is 20.0 Å². The molecule has 6 heteroatoms. The second-order valence-corrected chi connectivity index (χ2v) is 8.88. The number of carbonyl (C=O) groups is 1. The topological polar surface area (TPSA) is 62.2 Å². The molecule has 1 aliphatic heterocycles. The van der Waals surface area contributed by atoms with Gasteiger partial charge in [0, 0.05) is 24.6 Å². The summed E-state index contributed by atoms with van der Waals surface area (Å²) in [5.41, 5.74) is 3.24. The lowest BCUT2D eigenvalue weighted by molar-refractivity contribution is -0.115. The number of para-hydroxylation sites is 1. The SMILES string of the molecule is O=C(CN[C@H](CN1CCCC1)c1ccccc1)Nc1cc(C2CC2)nn1-c1ccccc1. The molecule has 2 aliphatic rings. The molecule has 5 rings (SSSR count). The molecule has 2 heterocycles. The van der Waals surface area contributed by atoms with E-state index in [4.69, 9.17) is 5.10 Å². The number of anilines is 1. The Bertz CT molecular complexity index is 1020. The number of carbonyl (C=O) groups excluding carboxylic acids is 1. The number of hydrogen-bond donors (Lipinski definition) is 2. The fourth-order valence-corrected chi connectivity index (χ4v) is 4.43. The van der Waals surface area contributed by atoms with E-state index in [0.29, 0.717) is 5.92 Å². The highest BCUT2D eigenvalue weighted by molar-refractivity contribution is 5.91. The predicted molar refractivity (Wildman–Crippen MR) is 127 cm³/mol. The second kappa shape index (κ2) is 9.67. The summed E-state index contributed by atoms with van der Waals surface area (Å²) in [5, 5.41) is 11.4. The molecule has 2 aromatic carbocycles. The zero-order valence-corrected chi connectivity index (χ0v) is 18.4. The molecule has 3 aromatic rings. The van der Waals surface area contributed by atoms with Crippen molar-refractivity contribution in [2.45, 2.75) is 37.6 Å². The van der Waals surface area contributed by atoms with Crippen molar-refractivity contribution >= 4 is 11.7 Å². The predicted octanol–water partition coefficient (Wildman–Crippen LogP) is 4.11. The number of rotatable bonds is 9. The van der Waals surface area contributed by atoms with E-state index in [1.54, 1.807) is 0 Å². The molecule has 0 bridgehead atoms. The Balaban J connectivity index is 1.27. The zero-order valence-electron chi connectivity index (χ0n) is 18.4. The second-order valence-electron chi connectivity index (χ2n) is 8.88. The van der Waals surface area contributed by atoms with Crippen molar-refractivity contribution in [3.8, 4) is 5.69 Å². The highest BCUT2D eigenvalue weighted by Gasteiger charge is 2.28. The van der Waals surface area contributed by atoms with Gasteiger partial charge in [0.1, 0.15) is 5.82 Å². The summed E-state index contributed by atoms with van der Waals surface area (Å²) in [4.78, 5) is 15.4. The molecule has 1 aliphatic carbocycles. The molecule has 1 atom stereocenters. The van der Waals surface area contributed by atoms with Gasteiger partial charge in [-0.2, -0.15) is 5.10 Å². The van der Waals surface area contributed by atoms with E-state index in [9.17, 15) is 4.79 Å². The number of aromatic nitrogens is 2. The Kier molecular flexibility index (Phi) is 6.32. The van der Waals surface area contributed by atoms with Gasteiger partial charge >= 0.3 is 0 Å². The molecule has 0 radical (unpaired) electrons. The number of nitrogens with zero attached hydrogens (tertiary/aromatic N) is 3. The van der Waals surface area contributed by atoms with E-state index >= 15 is 0 Å². The Morgan fingerprint density at radius 3 is 2.38 bits per heavy atom. The molecular weight excluding hydrogens is 398 g/mol. The molecule has 32 heavy (non-hydrogen) atoms. The third kappa shape index (κ3) is 5.09. The van der Waals surface area contributed by atoms with Crippen LogP contribution in [0.2, 0.25) is 0 Å². The molecule has 1 aromatic heterocycles. The number of likely N-dealkylation sites (tertiary alicyclic amines) is 1. The van der Waals surface area contributed by atoms with E-state index in [2.05, 4.69) is 39.8 Å². The quantitative estimate of drug-likeness (QED) is 0.537. The monoisotopic (exact) mass is 429 g/mol. The molecular formula is C26H31N5O. The van der Waals surface area contributed by atoms with Gasteiger partial charge in [-0.15, -0.1) is 0 Å². The summed E-state index contributed by atoms with van der Waals surface area (Å²) in [6.45, 7) is 3.45. The van der Waals surface area contributed by atoms with Crippen LogP contribution in [0.4, 0.5) is 5.82 Å². The van der Waals surface area contributed by atoms with Crippen molar-refractivity contribution in [3.05, 3.63) is 78.0 Å². The summed E-state index contributed by atoms with van der Waals surface area (Å²) in [5.74, 6) is 1.21. The van der Waals surface area contributed by atoms with Gasteiger partial charge in [-0.3, -0.25) is 4.79 Å². The molecule has 1 saturated heterocycles. The third-order valence-electron chi connectivity index (χ3n) is 6.34. The number of benzene rings is 2. The number of amides is 1. The minimum absolute atomic E-state index is 0.0493. The number of nitrogens with one attached hydrogen (secondary N) is 2. The maximum Gasteiger partial charge on any atom is 0.239 e. The van der Waals surface area contributed by atoms with E-state index in [1.165, 1.54) is 31.2 Å². The van der Waals surface area contributed by atoms with E-state index in [-0.39, 0.29) is 18.5 Å². The standard InChI is InChI=1S/C26H31N5O/c32-26(18-27-24(19-30-15-7-8-16-30)20-9-3-1-4-10-20)28-25-17-23(21-13-14-21)29-31(25)22-11-5-2-6-12-22/h1-6,9-12,17,21,24,27H,7-8,13-16,18-19H2,(H,28,32)/t24-/m1/s1. The molecule has 1 saturated carbocycles. The van der Waals surface area contributed by atoms with Crippen molar-refractivity contribution in [1.29, 1.82) is 0 Å². The first-order chi connectivity index (χ1) is 15.8. The molecule has 2 fully saturated rings. The molecule has 166 valence electrons. The van der Waals surface area contributed by atoms with Crippen LogP contribution < -0.4 is 10.6 Å². The molecule has 6 nitrogen and oxygen atoms in total. The Morgan fingerprint density at radius 1 is 1.00 bits per heavy atom. The van der Waals surface area contributed by atoms with Crippen LogP contribution in [0.15, 0.2) is 66.7 Å². The van der Waals surface area contributed by atoms with E-state index < -0.39 is 0 Å². The van der Waals surface area contributed by atoms with Crippen molar-refractivity contribution in [2.24, 2.45) is 0 Å². The van der Waals surface area contributed by atoms with Gasteiger partial charge in [0.2, 0.25) is 5.91 Å². The third-order valence-corrected chi connectivity index (χ3v) is 6.34. The van der Waals surface area contributed by atoms with Crippen LogP contribution in [0.3, 0.4) is 0 Å². The van der Waals surface area contributed by atoms with Crippen LogP contribution >= 0.6 is 0 Å². The van der Waals surface area contributed by atoms with Crippen LogP contribution in [0, 0.1) is 0 Å². The van der Waals surface area contributed by atoms with Gasteiger partial charge in [0.25, 0.3) is 0 Å². The van der Waals surface area contributed by atoms with Crippen LogP contribution in [-0.4, -0.2) is 46.8 Å². The molecule has 0 unspecified atom stereocenters. The fourth-order valence-electron chi connectivity index (χ4n) is 4.43. The first kappa shape index (κ1) is 20.9. The average molecular weight is 430 g/mol. The van der Waals surface area contributed by atoms with Crippen molar-refractivity contribution in [3.63, 3.8) is 0 Å². The van der Waals surface area contributed by atoms with Crippen LogP contribution in [-0.2, 0) is 4.79 Å². The minimum atomic E-state index is -0.0493. The first-order valence-corrected chi connectivity index (χ1v) is 11.7. The summed E-state index contributed by atoms with van der Waals surface area (Å²) in [7, 11) is 0. The average Bonchev–Trinajstić information content (AvgIpc) is 3.39. The summed E-state index contributed by atoms with van der Waals surface area (Å²) < 4.78 is 1.85. The van der Waals surface area contributed by atoms with Crippen LogP contribution in [0.25, 0.3) is 5.69 Å². The maximum atomic E-state index is 12.9. The van der Waals surface area contributed by atoms with Gasteiger partial charge in [0.15, 0.2) is 0 Å². The smallest absolute Gasteiger partial charge is 0.239 e. The normalized spacial score (nSPS) is 17.4. The van der Waals surface area contributed by atoms with Crippen molar-refractivity contribution in [2.75, 3.05) is 31.5 Å². The fraction of sp³-hybridized carbons (Fsp3) is 0.385. The first-order valence-electron chi connectivity index (χ1n) is 11.7. The van der Waals surface area contributed by atoms with Gasteiger partial charge < -0.3 is 15.5 Å². The van der Waals surface area contributed by atoms with E-state index in [1.807, 2.05) is 47.1 Å². The highest BCUT2D eigenvalue weighted by Crippen LogP contribution is 2.40. The van der Waals surface area contributed by atoms with Gasteiger partial charge in [-0.25, -0.2) is 4.68 Å². The minimum Gasteiger partial charge on any atom is -0.309 e. The summed E-state index contributed by atoms with van der Waals surface area (Å²) >= 11 is 0. The zero-order chi connectivity index (χ0) is 21.8. The Hall–Kier alpha value is -2.96. The maximum absolute atomic E-state index is 12.9. The summed E-state index contributed by atoms with van der Waals surface area (Å²) in [6, 6.07) is 22.6.